The smallest absolute Gasteiger partial charge is 0.226 e. The molecule has 11 heteroatoms. The Bertz CT molecular complexity index is 988. The second-order valence-electron chi connectivity index (χ2n) is 6.93. The Balaban J connectivity index is 0.00000171. The van der Waals surface area contributed by atoms with E-state index in [4.69, 9.17) is 20.8 Å². The molecule has 1 N–H and O–H groups in total. The van der Waals surface area contributed by atoms with E-state index in [0.717, 1.165) is 12.0 Å². The van der Waals surface area contributed by atoms with Gasteiger partial charge < -0.3 is 19.4 Å². The second-order valence-corrected chi connectivity index (χ2v) is 7.36. The molecule has 1 fully saturated rings. The molecule has 7 nitrogen and oxygen atoms in total. The highest BCUT2D eigenvalue weighted by molar-refractivity contribution is 6.30. The van der Waals surface area contributed by atoms with Crippen LogP contribution in [0.3, 0.4) is 0 Å². The van der Waals surface area contributed by atoms with E-state index in [1.165, 1.54) is 0 Å². The highest BCUT2D eigenvalue weighted by Crippen LogP contribution is 2.35. The van der Waals surface area contributed by atoms with E-state index in [1.54, 1.807) is 35.5 Å². The number of hydrogen-bond donors (Lipinski definition) is 1. The number of rotatable bonds is 6. The number of carbonyl (C=O) groups is 1. The lowest BCUT2D eigenvalue weighted by Crippen LogP contribution is -2.61. The number of ether oxygens (including phenoxy) is 1. The summed E-state index contributed by atoms with van der Waals surface area (Å²) in [4.78, 5) is 22.3. The zero-order chi connectivity index (χ0) is 20.3. The fraction of sp³-hybridized carbons (Fsp3) is 0.286. The molecule has 4 rings (SSSR count). The Labute approximate surface area is 210 Å². The van der Waals surface area contributed by atoms with Gasteiger partial charge >= 0.3 is 0 Å². The maximum absolute atomic E-state index is 11.9. The zero-order valence-electron chi connectivity index (χ0n) is 17.2. The molecule has 1 atom stereocenters. The standard InChI is InChI=1S/C21H21ClN4O3.3ClH/c1-15-19(29-20(25-15)16-4-6-17(22)7-5-16)21(12-24-9-10-26(21)14-27)13-28-18-3-2-8-23-11-18;;;/h2-8,11,14,24H,9-10,12-13H2,1H3;3*1H. The average Bonchev–Trinajstić information content (AvgIpc) is 3.16. The van der Waals surface area contributed by atoms with E-state index >= 15 is 0 Å². The van der Waals surface area contributed by atoms with E-state index in [-0.39, 0.29) is 43.8 Å². The maximum atomic E-state index is 11.9. The van der Waals surface area contributed by atoms with Crippen LogP contribution in [-0.4, -0.2) is 47.5 Å². The number of piperazine rings is 1. The van der Waals surface area contributed by atoms with Crippen molar-refractivity contribution in [2.45, 2.75) is 12.5 Å². The molecule has 1 aliphatic rings. The molecule has 0 bridgehead atoms. The number of nitrogens with one attached hydrogen (secondary N) is 1. The number of aromatic nitrogens is 2. The molecule has 174 valence electrons. The summed E-state index contributed by atoms with van der Waals surface area (Å²) in [5.41, 5.74) is 0.700. The van der Waals surface area contributed by atoms with Crippen molar-refractivity contribution in [3.63, 3.8) is 0 Å². The summed E-state index contributed by atoms with van der Waals surface area (Å²) in [5, 5.41) is 4.00. The molecule has 1 aromatic carbocycles. The molecule has 1 unspecified atom stereocenters. The van der Waals surface area contributed by atoms with Gasteiger partial charge in [0, 0.05) is 36.4 Å². The van der Waals surface area contributed by atoms with Crippen molar-refractivity contribution < 1.29 is 13.9 Å². The summed E-state index contributed by atoms with van der Waals surface area (Å²) < 4.78 is 12.2. The first-order valence-electron chi connectivity index (χ1n) is 9.32. The third kappa shape index (κ3) is 5.66. The largest absolute Gasteiger partial charge is 0.489 e. The number of aryl methyl sites for hydroxylation is 1. The summed E-state index contributed by atoms with van der Waals surface area (Å²) in [7, 11) is 0. The SMILES string of the molecule is Cc1nc(-c2ccc(Cl)cc2)oc1C1(COc2cccnc2)CNCCN1C=O.Cl.Cl.Cl. The number of benzene rings is 1. The van der Waals surface area contributed by atoms with Crippen molar-refractivity contribution in [1.82, 2.24) is 20.2 Å². The Kier molecular flexibility index (Phi) is 10.7. The van der Waals surface area contributed by atoms with E-state index in [9.17, 15) is 4.79 Å². The van der Waals surface area contributed by atoms with Gasteiger partial charge in [-0.15, -0.1) is 37.2 Å². The molecule has 32 heavy (non-hydrogen) atoms. The molecule has 0 radical (unpaired) electrons. The molecule has 0 spiro atoms. The third-order valence-electron chi connectivity index (χ3n) is 5.05. The number of amides is 1. The Morgan fingerprint density at radius 2 is 2.00 bits per heavy atom. The van der Waals surface area contributed by atoms with E-state index in [1.807, 2.05) is 25.1 Å². The van der Waals surface area contributed by atoms with E-state index in [2.05, 4.69) is 15.3 Å². The van der Waals surface area contributed by atoms with Crippen LogP contribution in [-0.2, 0) is 10.3 Å². The molecule has 1 amide bonds. The van der Waals surface area contributed by atoms with Gasteiger partial charge in [0.15, 0.2) is 5.76 Å². The van der Waals surface area contributed by atoms with Crippen LogP contribution in [0.25, 0.3) is 11.5 Å². The van der Waals surface area contributed by atoms with Gasteiger partial charge in [-0.05, 0) is 43.3 Å². The van der Waals surface area contributed by atoms with Gasteiger partial charge in [0.1, 0.15) is 17.9 Å². The quantitative estimate of drug-likeness (QED) is 0.487. The minimum Gasteiger partial charge on any atom is -0.489 e. The summed E-state index contributed by atoms with van der Waals surface area (Å²) in [6, 6.07) is 10.9. The lowest BCUT2D eigenvalue weighted by atomic mass is 9.91. The predicted octanol–water partition coefficient (Wildman–Crippen LogP) is 4.30. The first-order chi connectivity index (χ1) is 14.1. The Hall–Kier alpha value is -2.03. The van der Waals surface area contributed by atoms with Crippen molar-refractivity contribution >= 4 is 55.2 Å². The molecule has 1 aliphatic heterocycles. The number of halogens is 4. The first kappa shape index (κ1) is 28.0. The second kappa shape index (κ2) is 12.3. The predicted molar refractivity (Wildman–Crippen MR) is 130 cm³/mol. The summed E-state index contributed by atoms with van der Waals surface area (Å²) in [5.74, 6) is 1.70. The molecule has 1 saturated heterocycles. The highest BCUT2D eigenvalue weighted by atomic mass is 35.5. The van der Waals surface area contributed by atoms with Gasteiger partial charge in [0.25, 0.3) is 0 Å². The Morgan fingerprint density at radius 3 is 2.66 bits per heavy atom. The van der Waals surface area contributed by atoms with Gasteiger partial charge in [-0.2, -0.15) is 0 Å². The molecule has 0 aliphatic carbocycles. The Morgan fingerprint density at radius 1 is 1.25 bits per heavy atom. The average molecular weight is 522 g/mol. The van der Waals surface area contributed by atoms with Crippen LogP contribution in [0.1, 0.15) is 11.5 Å². The van der Waals surface area contributed by atoms with Gasteiger partial charge in [-0.1, -0.05) is 11.6 Å². The van der Waals surface area contributed by atoms with Crippen molar-refractivity contribution in [3.05, 3.63) is 65.3 Å². The number of hydrogen-bond acceptors (Lipinski definition) is 6. The van der Waals surface area contributed by atoms with Crippen LogP contribution in [0.4, 0.5) is 0 Å². The molecule has 3 heterocycles. The number of oxazole rings is 1. The monoisotopic (exact) mass is 520 g/mol. The highest BCUT2D eigenvalue weighted by Gasteiger charge is 2.46. The van der Waals surface area contributed by atoms with Crippen LogP contribution in [0.2, 0.25) is 5.02 Å². The lowest BCUT2D eigenvalue weighted by Gasteiger charge is -2.43. The fourth-order valence-electron chi connectivity index (χ4n) is 3.55. The van der Waals surface area contributed by atoms with Crippen molar-refractivity contribution in [3.8, 4) is 17.2 Å². The number of carbonyl (C=O) groups excluding carboxylic acids is 1. The number of pyridine rings is 1. The van der Waals surface area contributed by atoms with Crippen molar-refractivity contribution in [2.24, 2.45) is 0 Å². The lowest BCUT2D eigenvalue weighted by molar-refractivity contribution is -0.128. The van der Waals surface area contributed by atoms with E-state index < -0.39 is 5.54 Å². The summed E-state index contributed by atoms with van der Waals surface area (Å²) in [6.45, 7) is 3.81. The number of nitrogens with zero attached hydrogens (tertiary/aromatic N) is 3. The van der Waals surface area contributed by atoms with Crippen molar-refractivity contribution in [1.29, 1.82) is 0 Å². The molecular weight excluding hydrogens is 498 g/mol. The van der Waals surface area contributed by atoms with Crippen LogP contribution < -0.4 is 10.1 Å². The summed E-state index contributed by atoms with van der Waals surface area (Å²) in [6.07, 6.45) is 4.17. The van der Waals surface area contributed by atoms with Crippen LogP contribution in [0, 0.1) is 6.92 Å². The minimum atomic E-state index is -0.822. The van der Waals surface area contributed by atoms with Gasteiger partial charge in [-0.3, -0.25) is 9.78 Å². The van der Waals surface area contributed by atoms with Crippen LogP contribution in [0.15, 0.2) is 53.2 Å². The van der Waals surface area contributed by atoms with E-state index in [0.29, 0.717) is 47.8 Å². The molecule has 3 aromatic rings. The van der Waals surface area contributed by atoms with Gasteiger partial charge in [0.05, 0.1) is 11.9 Å². The normalized spacial score (nSPS) is 17.4. The summed E-state index contributed by atoms with van der Waals surface area (Å²) >= 11 is 5.99. The van der Waals surface area contributed by atoms with Gasteiger partial charge in [-0.25, -0.2) is 4.98 Å². The zero-order valence-corrected chi connectivity index (χ0v) is 20.4. The van der Waals surface area contributed by atoms with Gasteiger partial charge in [0.2, 0.25) is 12.3 Å². The molecular formula is C21H24Cl4N4O3. The van der Waals surface area contributed by atoms with Crippen molar-refractivity contribution in [2.75, 3.05) is 26.2 Å². The molecule has 2 aromatic heterocycles. The first-order valence-corrected chi connectivity index (χ1v) is 9.69. The topological polar surface area (TPSA) is 80.5 Å². The molecule has 0 saturated carbocycles. The third-order valence-corrected chi connectivity index (χ3v) is 5.30. The van der Waals surface area contributed by atoms with Crippen LogP contribution >= 0.6 is 48.8 Å². The van der Waals surface area contributed by atoms with Crippen LogP contribution in [0.5, 0.6) is 5.75 Å². The minimum absolute atomic E-state index is 0. The maximum Gasteiger partial charge on any atom is 0.226 e. The fourth-order valence-corrected chi connectivity index (χ4v) is 3.68.